The van der Waals surface area contributed by atoms with Crippen molar-refractivity contribution in [2.75, 3.05) is 5.32 Å². The summed E-state index contributed by atoms with van der Waals surface area (Å²) in [5.74, 6) is -0.111. The number of nitrogens with one attached hydrogen (secondary N) is 1. The van der Waals surface area contributed by atoms with Gasteiger partial charge in [-0.15, -0.1) is 10.2 Å². The zero-order valence-electron chi connectivity index (χ0n) is 15.0. The Morgan fingerprint density at radius 1 is 1.10 bits per heavy atom. The Hall–Kier alpha value is -3.33. The van der Waals surface area contributed by atoms with E-state index in [2.05, 4.69) is 31.4 Å². The van der Waals surface area contributed by atoms with E-state index in [4.69, 9.17) is 0 Å². The van der Waals surface area contributed by atoms with Crippen LogP contribution >= 0.6 is 15.9 Å². The number of halogens is 2. The number of anilines is 1. The molecule has 0 bridgehead atoms. The molecule has 0 saturated carbocycles. The Kier molecular flexibility index (Phi) is 5.22. The first-order valence-corrected chi connectivity index (χ1v) is 9.57. The van der Waals surface area contributed by atoms with Gasteiger partial charge in [0.1, 0.15) is 11.6 Å². The molecule has 0 aliphatic heterocycles. The number of benzene rings is 2. The van der Waals surface area contributed by atoms with Crippen LogP contribution in [0, 0.1) is 5.82 Å². The molecule has 2 heterocycles. The second-order valence-electron chi connectivity index (χ2n) is 6.32. The van der Waals surface area contributed by atoms with Gasteiger partial charge in [-0.05, 0) is 42.5 Å². The van der Waals surface area contributed by atoms with Crippen LogP contribution in [0.4, 0.5) is 10.1 Å². The monoisotopic (exact) mass is 455 g/mol. The van der Waals surface area contributed by atoms with Crippen molar-refractivity contribution in [1.82, 2.24) is 19.2 Å². The molecule has 4 rings (SSSR count). The third-order valence-electron chi connectivity index (χ3n) is 4.33. The molecule has 0 fully saturated rings. The highest BCUT2D eigenvalue weighted by Crippen LogP contribution is 2.15. The first kappa shape index (κ1) is 19.0. The van der Waals surface area contributed by atoms with Crippen LogP contribution in [0.25, 0.3) is 11.3 Å². The number of aryl methyl sites for hydroxylation is 1. The normalized spacial score (nSPS) is 11.0. The number of aromatic nitrogens is 4. The van der Waals surface area contributed by atoms with Crippen LogP contribution in [0.3, 0.4) is 0 Å². The summed E-state index contributed by atoms with van der Waals surface area (Å²) in [6.07, 6.45) is 3.65. The van der Waals surface area contributed by atoms with Crippen LogP contribution in [0.5, 0.6) is 0 Å². The molecule has 0 radical (unpaired) electrons. The maximum Gasteiger partial charge on any atom is 0.300 e. The van der Waals surface area contributed by atoms with Gasteiger partial charge in [-0.1, -0.05) is 22.0 Å². The average Bonchev–Trinajstić information content (AvgIpc) is 3.12. The van der Waals surface area contributed by atoms with Gasteiger partial charge in [-0.25, -0.2) is 4.39 Å². The summed E-state index contributed by atoms with van der Waals surface area (Å²) in [7, 11) is 0. The zero-order chi connectivity index (χ0) is 20.4. The summed E-state index contributed by atoms with van der Waals surface area (Å²) in [6.45, 7) is 0. The highest BCUT2D eigenvalue weighted by molar-refractivity contribution is 9.10. The van der Waals surface area contributed by atoms with Crippen LogP contribution in [0.2, 0.25) is 0 Å². The molecule has 0 spiro atoms. The largest absolute Gasteiger partial charge is 0.326 e. The minimum atomic E-state index is -0.437. The van der Waals surface area contributed by atoms with Gasteiger partial charge >= 0.3 is 5.56 Å². The molecule has 2 aromatic heterocycles. The number of hydrogen-bond acceptors (Lipinski definition) is 4. The predicted molar refractivity (Wildman–Crippen MR) is 110 cm³/mol. The van der Waals surface area contributed by atoms with E-state index in [0.717, 1.165) is 4.47 Å². The standard InChI is InChI=1S/C20H15BrFN5O2/c21-13-4-6-15(7-5-13)23-18(28)9-8-17-24-25-19-20(29)26(10-11-27(17)19)16-3-1-2-14(22)12-16/h1-7,10-12H,8-9H2,(H,23,28). The minimum absolute atomic E-state index is 0.111. The van der Waals surface area contributed by atoms with E-state index in [-0.39, 0.29) is 18.0 Å². The molecule has 0 atom stereocenters. The first-order chi connectivity index (χ1) is 14.0. The lowest BCUT2D eigenvalue weighted by atomic mass is 10.2. The molecule has 146 valence electrons. The summed E-state index contributed by atoms with van der Waals surface area (Å²) < 4.78 is 17.2. The van der Waals surface area contributed by atoms with Gasteiger partial charge in [-0.2, -0.15) is 0 Å². The Morgan fingerprint density at radius 2 is 1.90 bits per heavy atom. The fourth-order valence-corrected chi connectivity index (χ4v) is 3.18. The second-order valence-corrected chi connectivity index (χ2v) is 7.23. The molecule has 0 saturated heterocycles. The van der Waals surface area contributed by atoms with E-state index >= 15 is 0 Å². The molecular weight excluding hydrogens is 441 g/mol. The van der Waals surface area contributed by atoms with Gasteiger partial charge in [0.2, 0.25) is 11.6 Å². The molecule has 29 heavy (non-hydrogen) atoms. The highest BCUT2D eigenvalue weighted by atomic mass is 79.9. The molecule has 2 aromatic carbocycles. The van der Waals surface area contributed by atoms with E-state index in [1.807, 2.05) is 12.1 Å². The predicted octanol–water partition coefficient (Wildman–Crippen LogP) is 3.35. The Labute approximate surface area is 173 Å². The van der Waals surface area contributed by atoms with Crippen molar-refractivity contribution in [3.63, 3.8) is 0 Å². The number of nitrogens with zero attached hydrogens (tertiary/aromatic N) is 4. The van der Waals surface area contributed by atoms with Crippen molar-refractivity contribution in [3.05, 3.63) is 87.4 Å². The smallest absolute Gasteiger partial charge is 0.300 e. The van der Waals surface area contributed by atoms with Crippen molar-refractivity contribution in [1.29, 1.82) is 0 Å². The maximum absolute atomic E-state index is 13.5. The lowest BCUT2D eigenvalue weighted by Crippen LogP contribution is -2.20. The van der Waals surface area contributed by atoms with Gasteiger partial charge in [-0.3, -0.25) is 18.6 Å². The van der Waals surface area contributed by atoms with Crippen molar-refractivity contribution in [3.8, 4) is 5.69 Å². The summed E-state index contributed by atoms with van der Waals surface area (Å²) in [4.78, 5) is 24.9. The van der Waals surface area contributed by atoms with Gasteiger partial charge in [0.25, 0.3) is 0 Å². The lowest BCUT2D eigenvalue weighted by Gasteiger charge is -2.07. The second kappa shape index (κ2) is 7.96. The number of hydrogen-bond donors (Lipinski definition) is 1. The van der Waals surface area contributed by atoms with Crippen molar-refractivity contribution < 1.29 is 9.18 Å². The van der Waals surface area contributed by atoms with Crippen LogP contribution in [0.15, 0.2) is 70.2 Å². The Morgan fingerprint density at radius 3 is 2.66 bits per heavy atom. The number of rotatable bonds is 5. The van der Waals surface area contributed by atoms with E-state index < -0.39 is 11.4 Å². The molecular formula is C20H15BrFN5O2. The Bertz CT molecular complexity index is 1250. The summed E-state index contributed by atoms with van der Waals surface area (Å²) in [5.41, 5.74) is 0.787. The molecule has 1 N–H and O–H groups in total. The third-order valence-corrected chi connectivity index (χ3v) is 4.86. The van der Waals surface area contributed by atoms with E-state index in [1.54, 1.807) is 28.8 Å². The first-order valence-electron chi connectivity index (χ1n) is 8.78. The van der Waals surface area contributed by atoms with E-state index in [0.29, 0.717) is 23.6 Å². The molecule has 9 heteroatoms. The van der Waals surface area contributed by atoms with Gasteiger partial charge < -0.3 is 5.32 Å². The lowest BCUT2D eigenvalue weighted by molar-refractivity contribution is -0.116. The number of fused-ring (bicyclic) bond motifs is 1. The van der Waals surface area contributed by atoms with Gasteiger partial charge in [0, 0.05) is 35.4 Å². The van der Waals surface area contributed by atoms with Crippen molar-refractivity contribution in [2.45, 2.75) is 12.8 Å². The van der Waals surface area contributed by atoms with E-state index in [9.17, 15) is 14.0 Å². The third kappa shape index (κ3) is 4.09. The van der Waals surface area contributed by atoms with Crippen LogP contribution in [0.1, 0.15) is 12.2 Å². The van der Waals surface area contributed by atoms with Gasteiger partial charge in [0.05, 0.1) is 5.69 Å². The summed E-state index contributed by atoms with van der Waals surface area (Å²) in [5, 5.41) is 10.8. The van der Waals surface area contributed by atoms with Crippen molar-refractivity contribution in [2.24, 2.45) is 0 Å². The molecule has 0 aliphatic carbocycles. The number of carbonyl (C=O) groups excluding carboxylic acids is 1. The number of amides is 1. The van der Waals surface area contributed by atoms with Crippen LogP contribution in [-0.2, 0) is 11.2 Å². The van der Waals surface area contributed by atoms with E-state index in [1.165, 1.54) is 29.0 Å². The summed E-state index contributed by atoms with van der Waals surface area (Å²) in [6, 6.07) is 13.0. The molecule has 7 nitrogen and oxygen atoms in total. The topological polar surface area (TPSA) is 81.3 Å². The zero-order valence-corrected chi connectivity index (χ0v) is 16.6. The molecule has 1 amide bonds. The molecule has 0 aliphatic rings. The SMILES string of the molecule is O=C(CCc1nnc2c(=O)n(-c3cccc(F)c3)ccn12)Nc1ccc(Br)cc1. The van der Waals surface area contributed by atoms with Crippen LogP contribution in [-0.4, -0.2) is 25.1 Å². The quantitative estimate of drug-likeness (QED) is 0.500. The number of carbonyl (C=O) groups is 1. The Balaban J connectivity index is 1.52. The maximum atomic E-state index is 13.5. The molecule has 4 aromatic rings. The average molecular weight is 456 g/mol. The van der Waals surface area contributed by atoms with Crippen LogP contribution < -0.4 is 10.9 Å². The molecule has 0 unspecified atom stereocenters. The fourth-order valence-electron chi connectivity index (χ4n) is 2.92. The summed E-state index contributed by atoms with van der Waals surface area (Å²) >= 11 is 3.34. The fraction of sp³-hybridized carbons (Fsp3) is 0.100. The van der Waals surface area contributed by atoms with Crippen molar-refractivity contribution >= 4 is 33.2 Å². The van der Waals surface area contributed by atoms with Gasteiger partial charge in [0.15, 0.2) is 0 Å². The highest BCUT2D eigenvalue weighted by Gasteiger charge is 2.13. The minimum Gasteiger partial charge on any atom is -0.326 e.